The van der Waals surface area contributed by atoms with Crippen molar-refractivity contribution in [1.82, 2.24) is 10.3 Å². The Balaban J connectivity index is 2.19. The predicted octanol–water partition coefficient (Wildman–Crippen LogP) is 2.26. The number of halogens is 3. The summed E-state index contributed by atoms with van der Waals surface area (Å²) < 4.78 is 37.7. The highest BCUT2D eigenvalue weighted by Crippen LogP contribution is 2.31. The van der Waals surface area contributed by atoms with E-state index >= 15 is 0 Å². The minimum absolute atomic E-state index is 0.171. The molecule has 1 aromatic rings. The summed E-state index contributed by atoms with van der Waals surface area (Å²) in [5.74, 6) is 7.59. The predicted molar refractivity (Wildman–Crippen MR) is 75.3 cm³/mol. The van der Waals surface area contributed by atoms with Gasteiger partial charge in [0.15, 0.2) is 0 Å². The largest absolute Gasteiger partial charge is 0.416 e. The molecule has 1 heterocycles. The molecule has 1 aliphatic heterocycles. The summed E-state index contributed by atoms with van der Waals surface area (Å²) in [6.07, 6.45) is -4.30. The van der Waals surface area contributed by atoms with E-state index in [0.29, 0.717) is 0 Å². The van der Waals surface area contributed by atoms with Crippen molar-refractivity contribution >= 4 is 11.8 Å². The lowest BCUT2D eigenvalue weighted by molar-refractivity contribution is -0.137. The van der Waals surface area contributed by atoms with Crippen molar-refractivity contribution in [1.29, 1.82) is 0 Å². The lowest BCUT2D eigenvalue weighted by atomic mass is 9.98. The number of hydrogen-bond acceptors (Lipinski definition) is 4. The van der Waals surface area contributed by atoms with E-state index in [4.69, 9.17) is 5.84 Å². The van der Waals surface area contributed by atoms with E-state index in [1.54, 1.807) is 0 Å². The van der Waals surface area contributed by atoms with Crippen LogP contribution in [0.1, 0.15) is 17.2 Å². The van der Waals surface area contributed by atoms with Crippen LogP contribution in [0.15, 0.2) is 24.3 Å². The number of likely N-dealkylation sites (N-methyl/N-ethyl adjacent to an activating group) is 1. The Morgan fingerprint density at radius 2 is 2.00 bits per heavy atom. The average Bonchev–Trinajstić information content (AvgIpc) is 2.41. The van der Waals surface area contributed by atoms with Gasteiger partial charge >= 0.3 is 6.18 Å². The normalized spacial score (nSPS) is 22.8. The number of benzene rings is 1. The van der Waals surface area contributed by atoms with Crippen molar-refractivity contribution in [2.75, 3.05) is 25.1 Å². The molecule has 0 bridgehead atoms. The zero-order valence-electron chi connectivity index (χ0n) is 11.2. The quantitative estimate of drug-likeness (QED) is 0.664. The van der Waals surface area contributed by atoms with Crippen LogP contribution in [0.2, 0.25) is 0 Å². The van der Waals surface area contributed by atoms with Gasteiger partial charge in [-0.3, -0.25) is 16.2 Å². The van der Waals surface area contributed by atoms with Crippen LogP contribution in [0, 0.1) is 0 Å². The molecule has 112 valence electrons. The molecule has 0 aliphatic carbocycles. The number of nitrogens with zero attached hydrogens (tertiary/aromatic N) is 1. The highest BCUT2D eigenvalue weighted by atomic mass is 32.2. The van der Waals surface area contributed by atoms with Crippen LogP contribution < -0.4 is 11.3 Å². The number of rotatable bonds is 3. The van der Waals surface area contributed by atoms with Crippen molar-refractivity contribution in [3.8, 4) is 0 Å². The SMILES string of the molecule is CN1CCSCC1C(NN)c1ccc(C(F)(F)F)cc1. The average molecular weight is 305 g/mol. The van der Waals surface area contributed by atoms with Gasteiger partial charge in [0.2, 0.25) is 0 Å². The summed E-state index contributed by atoms with van der Waals surface area (Å²) in [6.45, 7) is 0.953. The van der Waals surface area contributed by atoms with E-state index in [-0.39, 0.29) is 12.1 Å². The fraction of sp³-hybridized carbons (Fsp3) is 0.538. The molecule has 0 saturated carbocycles. The fourth-order valence-electron chi connectivity index (χ4n) is 2.37. The summed E-state index contributed by atoms with van der Waals surface area (Å²) >= 11 is 1.84. The second-order valence-corrected chi connectivity index (χ2v) is 6.04. The molecule has 1 saturated heterocycles. The van der Waals surface area contributed by atoms with Crippen LogP contribution in [-0.2, 0) is 6.18 Å². The molecule has 1 fully saturated rings. The first kappa shape index (κ1) is 15.6. The van der Waals surface area contributed by atoms with Gasteiger partial charge in [0, 0.05) is 24.1 Å². The second-order valence-electron chi connectivity index (χ2n) is 4.89. The lowest BCUT2D eigenvalue weighted by Crippen LogP contribution is -2.49. The van der Waals surface area contributed by atoms with E-state index in [1.165, 1.54) is 12.1 Å². The number of hydrazine groups is 1. The van der Waals surface area contributed by atoms with Crippen LogP contribution >= 0.6 is 11.8 Å². The van der Waals surface area contributed by atoms with Crippen molar-refractivity contribution < 1.29 is 13.2 Å². The summed E-state index contributed by atoms with van der Waals surface area (Å²) in [5, 5.41) is 0. The third-order valence-corrected chi connectivity index (χ3v) is 4.65. The highest BCUT2D eigenvalue weighted by Gasteiger charge is 2.32. The Bertz CT molecular complexity index is 435. The van der Waals surface area contributed by atoms with E-state index in [2.05, 4.69) is 10.3 Å². The van der Waals surface area contributed by atoms with Gasteiger partial charge in [-0.25, -0.2) is 0 Å². The molecule has 3 N–H and O–H groups in total. The number of thioether (sulfide) groups is 1. The summed E-state index contributed by atoms with van der Waals surface area (Å²) in [5.41, 5.74) is 2.88. The monoisotopic (exact) mass is 305 g/mol. The zero-order valence-corrected chi connectivity index (χ0v) is 12.0. The number of nitrogens with one attached hydrogen (secondary N) is 1. The molecule has 7 heteroatoms. The van der Waals surface area contributed by atoms with Crippen LogP contribution in [0.4, 0.5) is 13.2 Å². The van der Waals surface area contributed by atoms with Gasteiger partial charge < -0.3 is 0 Å². The number of hydrogen-bond donors (Lipinski definition) is 2. The summed E-state index contributed by atoms with van der Waals surface area (Å²) in [6, 6.07) is 5.22. The topological polar surface area (TPSA) is 41.3 Å². The third-order valence-electron chi connectivity index (χ3n) is 3.60. The van der Waals surface area contributed by atoms with E-state index in [1.807, 2.05) is 18.8 Å². The van der Waals surface area contributed by atoms with Gasteiger partial charge in [-0.15, -0.1) is 0 Å². The van der Waals surface area contributed by atoms with Crippen LogP contribution in [0.3, 0.4) is 0 Å². The van der Waals surface area contributed by atoms with Crippen LogP contribution in [0.5, 0.6) is 0 Å². The minimum Gasteiger partial charge on any atom is -0.300 e. The Morgan fingerprint density at radius 1 is 1.35 bits per heavy atom. The zero-order chi connectivity index (χ0) is 14.8. The molecule has 2 atom stereocenters. The molecular formula is C13H18F3N3S. The summed E-state index contributed by atoms with van der Waals surface area (Å²) in [7, 11) is 2.01. The molecule has 0 aromatic heterocycles. The fourth-order valence-corrected chi connectivity index (χ4v) is 3.64. The number of nitrogens with two attached hydrogens (primary N) is 1. The highest BCUT2D eigenvalue weighted by molar-refractivity contribution is 7.99. The van der Waals surface area contributed by atoms with Gasteiger partial charge in [0.25, 0.3) is 0 Å². The maximum absolute atomic E-state index is 12.6. The Kier molecular flexibility index (Phi) is 4.95. The van der Waals surface area contributed by atoms with Crippen LogP contribution in [0.25, 0.3) is 0 Å². The van der Waals surface area contributed by atoms with Crippen molar-refractivity contribution in [2.24, 2.45) is 5.84 Å². The standard InChI is InChI=1S/C13H18F3N3S/c1-19-6-7-20-8-11(19)12(18-17)9-2-4-10(5-3-9)13(14,15)16/h2-5,11-12,18H,6-8,17H2,1H3. The first-order valence-electron chi connectivity index (χ1n) is 6.34. The summed E-state index contributed by atoms with van der Waals surface area (Å²) in [4.78, 5) is 2.19. The maximum atomic E-state index is 12.6. The third kappa shape index (κ3) is 3.46. The molecule has 0 spiro atoms. The molecule has 0 radical (unpaired) electrons. The smallest absolute Gasteiger partial charge is 0.300 e. The Morgan fingerprint density at radius 3 is 2.50 bits per heavy atom. The van der Waals surface area contributed by atoms with Gasteiger partial charge in [-0.2, -0.15) is 24.9 Å². The maximum Gasteiger partial charge on any atom is 0.416 e. The molecule has 1 aromatic carbocycles. The molecule has 20 heavy (non-hydrogen) atoms. The molecular weight excluding hydrogens is 287 g/mol. The van der Waals surface area contributed by atoms with Gasteiger partial charge in [0.05, 0.1) is 11.6 Å². The van der Waals surface area contributed by atoms with Crippen molar-refractivity contribution in [3.63, 3.8) is 0 Å². The first-order valence-corrected chi connectivity index (χ1v) is 7.50. The van der Waals surface area contributed by atoms with Gasteiger partial charge in [-0.05, 0) is 24.7 Å². The molecule has 1 aliphatic rings. The Labute approximate surface area is 120 Å². The number of alkyl halides is 3. The van der Waals surface area contributed by atoms with Gasteiger partial charge in [-0.1, -0.05) is 12.1 Å². The van der Waals surface area contributed by atoms with Gasteiger partial charge in [0.1, 0.15) is 0 Å². The molecule has 0 amide bonds. The first-order chi connectivity index (χ1) is 9.43. The van der Waals surface area contributed by atoms with E-state index in [0.717, 1.165) is 35.7 Å². The van der Waals surface area contributed by atoms with Crippen molar-refractivity contribution in [3.05, 3.63) is 35.4 Å². The van der Waals surface area contributed by atoms with Crippen molar-refractivity contribution in [2.45, 2.75) is 18.3 Å². The minimum atomic E-state index is -4.30. The lowest BCUT2D eigenvalue weighted by Gasteiger charge is -2.37. The van der Waals surface area contributed by atoms with Crippen LogP contribution in [-0.4, -0.2) is 36.0 Å². The second kappa shape index (κ2) is 6.34. The van der Waals surface area contributed by atoms with E-state index in [9.17, 15) is 13.2 Å². The van der Waals surface area contributed by atoms with E-state index < -0.39 is 11.7 Å². The molecule has 3 nitrogen and oxygen atoms in total. The molecule has 2 rings (SSSR count). The Hall–Kier alpha value is -0.760. The molecule has 2 unspecified atom stereocenters.